The molecule has 4 heteroatoms. The SMILES string of the molecule is COc1cc2c(c(OC)c1)Sc1ccccc1C(=O)C2. The van der Waals surface area contributed by atoms with Gasteiger partial charge in [-0.2, -0.15) is 0 Å². The molecule has 20 heavy (non-hydrogen) atoms. The van der Waals surface area contributed by atoms with Gasteiger partial charge >= 0.3 is 0 Å². The molecule has 1 aliphatic rings. The smallest absolute Gasteiger partial charge is 0.168 e. The highest BCUT2D eigenvalue weighted by molar-refractivity contribution is 7.99. The fourth-order valence-corrected chi connectivity index (χ4v) is 3.48. The lowest BCUT2D eigenvalue weighted by Gasteiger charge is -2.12. The Kier molecular flexibility index (Phi) is 3.40. The van der Waals surface area contributed by atoms with Gasteiger partial charge in [-0.3, -0.25) is 4.79 Å². The van der Waals surface area contributed by atoms with Crippen LogP contribution in [0.15, 0.2) is 46.2 Å². The summed E-state index contributed by atoms with van der Waals surface area (Å²) in [5.74, 6) is 1.58. The topological polar surface area (TPSA) is 35.5 Å². The average molecular weight is 286 g/mol. The van der Waals surface area contributed by atoms with E-state index >= 15 is 0 Å². The minimum absolute atomic E-state index is 0.127. The van der Waals surface area contributed by atoms with E-state index in [-0.39, 0.29) is 5.78 Å². The van der Waals surface area contributed by atoms with E-state index in [0.29, 0.717) is 12.2 Å². The van der Waals surface area contributed by atoms with Crippen LogP contribution in [0.5, 0.6) is 11.5 Å². The minimum Gasteiger partial charge on any atom is -0.497 e. The summed E-state index contributed by atoms with van der Waals surface area (Å²) in [6.07, 6.45) is 0.368. The highest BCUT2D eigenvalue weighted by atomic mass is 32.2. The van der Waals surface area contributed by atoms with E-state index in [4.69, 9.17) is 9.47 Å². The van der Waals surface area contributed by atoms with E-state index in [1.807, 2.05) is 36.4 Å². The monoisotopic (exact) mass is 286 g/mol. The summed E-state index contributed by atoms with van der Waals surface area (Å²) in [6.45, 7) is 0. The Morgan fingerprint density at radius 1 is 1.10 bits per heavy atom. The maximum absolute atomic E-state index is 12.4. The first kappa shape index (κ1) is 13.1. The van der Waals surface area contributed by atoms with E-state index in [1.54, 1.807) is 26.0 Å². The van der Waals surface area contributed by atoms with Crippen LogP contribution in [0, 0.1) is 0 Å². The largest absolute Gasteiger partial charge is 0.497 e. The number of ether oxygens (including phenoxy) is 2. The third-order valence-corrected chi connectivity index (χ3v) is 4.55. The zero-order valence-electron chi connectivity index (χ0n) is 11.3. The Morgan fingerprint density at radius 2 is 1.90 bits per heavy atom. The third kappa shape index (κ3) is 2.16. The summed E-state index contributed by atoms with van der Waals surface area (Å²) >= 11 is 1.58. The van der Waals surface area contributed by atoms with Crippen LogP contribution >= 0.6 is 11.8 Å². The first-order valence-electron chi connectivity index (χ1n) is 6.28. The van der Waals surface area contributed by atoms with Crippen LogP contribution in [0.4, 0.5) is 0 Å². The molecule has 0 aromatic heterocycles. The van der Waals surface area contributed by atoms with Crippen LogP contribution in [-0.4, -0.2) is 20.0 Å². The predicted molar refractivity (Wildman–Crippen MR) is 78.1 cm³/mol. The lowest BCUT2D eigenvalue weighted by Crippen LogP contribution is -2.03. The second kappa shape index (κ2) is 5.21. The molecule has 0 fully saturated rings. The van der Waals surface area contributed by atoms with E-state index < -0.39 is 0 Å². The average Bonchev–Trinajstić information content (AvgIpc) is 2.62. The number of hydrogen-bond acceptors (Lipinski definition) is 4. The van der Waals surface area contributed by atoms with Crippen molar-refractivity contribution < 1.29 is 14.3 Å². The van der Waals surface area contributed by atoms with Crippen LogP contribution in [0.25, 0.3) is 0 Å². The number of benzene rings is 2. The summed E-state index contributed by atoms with van der Waals surface area (Å²) < 4.78 is 10.7. The number of Topliss-reactive ketones (excluding diaryl/α,β-unsaturated/α-hetero) is 1. The van der Waals surface area contributed by atoms with Crippen molar-refractivity contribution in [2.75, 3.05) is 14.2 Å². The molecule has 2 aromatic rings. The Balaban J connectivity index is 2.18. The van der Waals surface area contributed by atoms with Gasteiger partial charge in [0.25, 0.3) is 0 Å². The zero-order chi connectivity index (χ0) is 14.1. The Bertz CT molecular complexity index is 679. The quantitative estimate of drug-likeness (QED) is 0.845. The third-order valence-electron chi connectivity index (χ3n) is 3.31. The summed E-state index contributed by atoms with van der Waals surface area (Å²) in [5.41, 5.74) is 1.72. The van der Waals surface area contributed by atoms with Crippen LogP contribution in [0.3, 0.4) is 0 Å². The molecule has 0 spiro atoms. The maximum Gasteiger partial charge on any atom is 0.168 e. The molecule has 3 rings (SSSR count). The summed E-state index contributed by atoms with van der Waals surface area (Å²) in [7, 11) is 3.25. The number of ketones is 1. The van der Waals surface area contributed by atoms with Gasteiger partial charge in [0.15, 0.2) is 5.78 Å². The van der Waals surface area contributed by atoms with Crippen molar-refractivity contribution in [3.63, 3.8) is 0 Å². The molecule has 0 saturated heterocycles. The van der Waals surface area contributed by atoms with Gasteiger partial charge in [0.1, 0.15) is 11.5 Å². The van der Waals surface area contributed by atoms with Crippen LogP contribution in [0.2, 0.25) is 0 Å². The van der Waals surface area contributed by atoms with Gasteiger partial charge in [0, 0.05) is 22.9 Å². The van der Waals surface area contributed by atoms with Gasteiger partial charge < -0.3 is 9.47 Å². The summed E-state index contributed by atoms with van der Waals surface area (Å²) in [5, 5.41) is 0. The van der Waals surface area contributed by atoms with Gasteiger partial charge in [0.05, 0.1) is 19.1 Å². The highest BCUT2D eigenvalue weighted by Crippen LogP contribution is 2.44. The fraction of sp³-hybridized carbons (Fsp3) is 0.188. The van der Waals surface area contributed by atoms with Crippen LogP contribution < -0.4 is 9.47 Å². The van der Waals surface area contributed by atoms with Crippen molar-refractivity contribution in [2.24, 2.45) is 0 Å². The van der Waals surface area contributed by atoms with E-state index in [1.165, 1.54) is 0 Å². The summed E-state index contributed by atoms with van der Waals surface area (Å²) in [4.78, 5) is 14.3. The number of carbonyl (C=O) groups is 1. The molecule has 0 amide bonds. The molecule has 2 aromatic carbocycles. The number of methoxy groups -OCH3 is 2. The molecule has 102 valence electrons. The molecular weight excluding hydrogens is 272 g/mol. The molecule has 1 heterocycles. The standard InChI is InChI=1S/C16H14O3S/c1-18-11-7-10-8-13(17)12-5-3-4-6-15(12)20-16(10)14(9-11)19-2/h3-7,9H,8H2,1-2H3. The maximum atomic E-state index is 12.4. The van der Waals surface area contributed by atoms with Crippen molar-refractivity contribution in [1.29, 1.82) is 0 Å². The lowest BCUT2D eigenvalue weighted by molar-refractivity contribution is 0.0990. The number of carbonyl (C=O) groups excluding carboxylic acids is 1. The Hall–Kier alpha value is -1.94. The van der Waals surface area contributed by atoms with Gasteiger partial charge in [-0.15, -0.1) is 0 Å². The number of hydrogen-bond donors (Lipinski definition) is 0. The molecule has 0 radical (unpaired) electrons. The van der Waals surface area contributed by atoms with Crippen molar-refractivity contribution in [1.82, 2.24) is 0 Å². The van der Waals surface area contributed by atoms with Gasteiger partial charge in [-0.05, 0) is 17.7 Å². The van der Waals surface area contributed by atoms with Crippen molar-refractivity contribution in [3.05, 3.63) is 47.5 Å². The first-order chi connectivity index (χ1) is 9.72. The second-order valence-electron chi connectivity index (χ2n) is 4.52. The molecule has 0 atom stereocenters. The lowest BCUT2D eigenvalue weighted by atomic mass is 10.0. The molecule has 1 aliphatic heterocycles. The minimum atomic E-state index is 0.127. The number of fused-ring (bicyclic) bond motifs is 2. The summed E-state index contributed by atoms with van der Waals surface area (Å²) in [6, 6.07) is 11.4. The normalized spacial score (nSPS) is 13.2. The second-order valence-corrected chi connectivity index (χ2v) is 5.57. The van der Waals surface area contributed by atoms with Crippen molar-refractivity contribution >= 4 is 17.5 Å². The first-order valence-corrected chi connectivity index (χ1v) is 7.09. The van der Waals surface area contributed by atoms with Gasteiger partial charge in [-0.25, -0.2) is 0 Å². The van der Waals surface area contributed by atoms with E-state index in [9.17, 15) is 4.79 Å². The molecule has 3 nitrogen and oxygen atoms in total. The molecular formula is C16H14O3S. The molecule has 0 unspecified atom stereocenters. The van der Waals surface area contributed by atoms with Crippen LogP contribution in [-0.2, 0) is 6.42 Å². The molecule has 0 saturated carbocycles. The van der Waals surface area contributed by atoms with Crippen molar-refractivity contribution in [3.8, 4) is 11.5 Å². The molecule has 0 bridgehead atoms. The Labute approximate surface area is 121 Å². The predicted octanol–water partition coefficient (Wildman–Crippen LogP) is 3.59. The Morgan fingerprint density at radius 3 is 2.65 bits per heavy atom. The number of rotatable bonds is 2. The van der Waals surface area contributed by atoms with E-state index in [0.717, 1.165) is 26.7 Å². The van der Waals surface area contributed by atoms with Crippen LogP contribution in [0.1, 0.15) is 15.9 Å². The van der Waals surface area contributed by atoms with Gasteiger partial charge in [-0.1, -0.05) is 30.0 Å². The fourth-order valence-electron chi connectivity index (χ4n) is 2.31. The molecule has 0 N–H and O–H groups in total. The molecule has 0 aliphatic carbocycles. The van der Waals surface area contributed by atoms with Gasteiger partial charge in [0.2, 0.25) is 0 Å². The van der Waals surface area contributed by atoms with E-state index in [2.05, 4.69) is 0 Å². The highest BCUT2D eigenvalue weighted by Gasteiger charge is 2.23. The zero-order valence-corrected chi connectivity index (χ0v) is 12.1. The van der Waals surface area contributed by atoms with Crippen molar-refractivity contribution in [2.45, 2.75) is 16.2 Å².